The number of aryl methyl sites for hydroxylation is 1. The first-order chi connectivity index (χ1) is 13.3. The van der Waals surface area contributed by atoms with Crippen LogP contribution >= 0.6 is 0 Å². The standard InChI is InChI=1S/C20H22N2O5S/c1-15-5-7-18(8-6-15)28(25,26)12-9-19(23)21-14-16-3-2-4-17(13-16)22-10-11-27-20(22)24/h2-8,13H,9-12,14H2,1H3,(H,21,23). The molecule has 8 heteroatoms. The molecule has 1 aliphatic rings. The summed E-state index contributed by atoms with van der Waals surface area (Å²) < 4.78 is 29.6. The van der Waals surface area contributed by atoms with Gasteiger partial charge in [-0.2, -0.15) is 0 Å². The van der Waals surface area contributed by atoms with Crippen LogP contribution in [0.4, 0.5) is 10.5 Å². The smallest absolute Gasteiger partial charge is 0.414 e. The van der Waals surface area contributed by atoms with Gasteiger partial charge >= 0.3 is 6.09 Å². The minimum Gasteiger partial charge on any atom is -0.447 e. The first kappa shape index (κ1) is 19.9. The highest BCUT2D eigenvalue weighted by Gasteiger charge is 2.23. The highest BCUT2D eigenvalue weighted by atomic mass is 32.2. The van der Waals surface area contributed by atoms with Crippen LogP contribution in [0, 0.1) is 6.92 Å². The summed E-state index contributed by atoms with van der Waals surface area (Å²) in [4.78, 5) is 25.5. The van der Waals surface area contributed by atoms with E-state index in [1.807, 2.05) is 13.0 Å². The second-order valence-electron chi connectivity index (χ2n) is 6.59. The van der Waals surface area contributed by atoms with Crippen molar-refractivity contribution in [2.75, 3.05) is 23.8 Å². The van der Waals surface area contributed by atoms with Crippen LogP contribution in [0.5, 0.6) is 0 Å². The van der Waals surface area contributed by atoms with Crippen LogP contribution in [0.2, 0.25) is 0 Å². The molecule has 1 N–H and O–H groups in total. The normalized spacial score (nSPS) is 14.0. The molecule has 28 heavy (non-hydrogen) atoms. The molecule has 0 aliphatic carbocycles. The van der Waals surface area contributed by atoms with Crippen molar-refractivity contribution in [2.45, 2.75) is 24.8 Å². The molecule has 1 fully saturated rings. The number of rotatable bonds is 7. The van der Waals surface area contributed by atoms with Gasteiger partial charge in [0.25, 0.3) is 0 Å². The predicted octanol–water partition coefficient (Wildman–Crippen LogP) is 2.43. The summed E-state index contributed by atoms with van der Waals surface area (Å²) in [5.41, 5.74) is 2.49. The van der Waals surface area contributed by atoms with Crippen molar-refractivity contribution in [2.24, 2.45) is 0 Å². The van der Waals surface area contributed by atoms with Gasteiger partial charge in [0, 0.05) is 18.7 Å². The van der Waals surface area contributed by atoms with Gasteiger partial charge in [0.05, 0.1) is 17.2 Å². The fourth-order valence-corrected chi connectivity index (χ4v) is 4.08. The molecule has 0 aromatic heterocycles. The van der Waals surface area contributed by atoms with Crippen molar-refractivity contribution in [3.63, 3.8) is 0 Å². The fourth-order valence-electron chi connectivity index (χ4n) is 2.84. The number of carbonyl (C=O) groups excluding carboxylic acids is 2. The SMILES string of the molecule is Cc1ccc(S(=O)(=O)CCC(=O)NCc2cccc(N3CCOC3=O)c2)cc1. The van der Waals surface area contributed by atoms with E-state index >= 15 is 0 Å². The topological polar surface area (TPSA) is 92.8 Å². The van der Waals surface area contributed by atoms with E-state index in [0.717, 1.165) is 11.1 Å². The minimum absolute atomic E-state index is 0.117. The molecule has 1 heterocycles. The second kappa shape index (κ2) is 8.43. The number of benzene rings is 2. The maximum Gasteiger partial charge on any atom is 0.414 e. The first-order valence-corrected chi connectivity index (χ1v) is 10.6. The van der Waals surface area contributed by atoms with Gasteiger partial charge in [0.15, 0.2) is 9.84 Å². The molecule has 148 valence electrons. The molecule has 1 saturated heterocycles. The van der Waals surface area contributed by atoms with Crippen molar-refractivity contribution in [3.05, 3.63) is 59.7 Å². The van der Waals surface area contributed by atoms with E-state index in [9.17, 15) is 18.0 Å². The Morgan fingerprint density at radius 2 is 1.93 bits per heavy atom. The molecule has 0 unspecified atom stereocenters. The number of ether oxygens (including phenoxy) is 1. The summed E-state index contributed by atoms with van der Waals surface area (Å²) in [5, 5.41) is 2.72. The lowest BCUT2D eigenvalue weighted by molar-refractivity contribution is -0.120. The summed E-state index contributed by atoms with van der Waals surface area (Å²) in [6, 6.07) is 13.8. The summed E-state index contributed by atoms with van der Waals surface area (Å²) in [6.07, 6.45) is -0.503. The van der Waals surface area contributed by atoms with Crippen LogP contribution in [0.1, 0.15) is 17.5 Å². The van der Waals surface area contributed by atoms with E-state index in [0.29, 0.717) is 18.8 Å². The molecule has 7 nitrogen and oxygen atoms in total. The number of nitrogens with zero attached hydrogens (tertiary/aromatic N) is 1. The Balaban J connectivity index is 1.53. The zero-order chi connectivity index (χ0) is 20.1. The van der Waals surface area contributed by atoms with E-state index in [2.05, 4.69) is 5.32 Å². The van der Waals surface area contributed by atoms with Crippen LogP contribution in [-0.2, 0) is 25.9 Å². The van der Waals surface area contributed by atoms with Crippen molar-refractivity contribution in [1.29, 1.82) is 0 Å². The highest BCUT2D eigenvalue weighted by Crippen LogP contribution is 2.20. The minimum atomic E-state index is -3.50. The molecular weight excluding hydrogens is 380 g/mol. The van der Waals surface area contributed by atoms with Gasteiger partial charge in [-0.3, -0.25) is 9.69 Å². The monoisotopic (exact) mass is 402 g/mol. The number of hydrogen-bond donors (Lipinski definition) is 1. The third kappa shape index (κ3) is 4.89. The summed E-state index contributed by atoms with van der Waals surface area (Å²) in [7, 11) is -3.50. The Bertz CT molecular complexity index is 970. The number of cyclic esters (lactones) is 1. The molecule has 0 radical (unpaired) electrons. The van der Waals surface area contributed by atoms with Crippen molar-refractivity contribution in [3.8, 4) is 0 Å². The van der Waals surface area contributed by atoms with Crippen molar-refractivity contribution < 1.29 is 22.7 Å². The van der Waals surface area contributed by atoms with Crippen LogP contribution in [0.15, 0.2) is 53.4 Å². The van der Waals surface area contributed by atoms with E-state index in [1.165, 1.54) is 4.90 Å². The maximum atomic E-state index is 12.3. The van der Waals surface area contributed by atoms with Gasteiger partial charge in [-0.15, -0.1) is 0 Å². The van der Waals surface area contributed by atoms with Crippen molar-refractivity contribution in [1.82, 2.24) is 5.32 Å². The number of carbonyl (C=O) groups is 2. The Morgan fingerprint density at radius 3 is 2.61 bits per heavy atom. The number of hydrogen-bond acceptors (Lipinski definition) is 5. The van der Waals surface area contributed by atoms with Crippen LogP contribution in [0.3, 0.4) is 0 Å². The lowest BCUT2D eigenvalue weighted by atomic mass is 10.2. The predicted molar refractivity (Wildman–Crippen MR) is 105 cm³/mol. The van der Waals surface area contributed by atoms with E-state index in [4.69, 9.17) is 4.74 Å². The molecule has 2 amide bonds. The average molecular weight is 402 g/mol. The van der Waals surface area contributed by atoms with Gasteiger partial charge < -0.3 is 10.1 Å². The Morgan fingerprint density at radius 1 is 1.18 bits per heavy atom. The molecule has 0 spiro atoms. The Labute approximate surface area is 164 Å². The Hall–Kier alpha value is -2.87. The zero-order valence-electron chi connectivity index (χ0n) is 15.6. The average Bonchev–Trinajstić information content (AvgIpc) is 3.11. The van der Waals surface area contributed by atoms with Crippen LogP contribution in [0.25, 0.3) is 0 Å². The lowest BCUT2D eigenvalue weighted by Crippen LogP contribution is -2.26. The van der Waals surface area contributed by atoms with Gasteiger partial charge in [-0.25, -0.2) is 13.2 Å². The number of nitrogens with one attached hydrogen (secondary N) is 1. The summed E-state index contributed by atoms with van der Waals surface area (Å²) in [6.45, 7) is 2.98. The van der Waals surface area contributed by atoms with Crippen LogP contribution < -0.4 is 10.2 Å². The number of anilines is 1. The van der Waals surface area contributed by atoms with E-state index in [1.54, 1.807) is 42.5 Å². The lowest BCUT2D eigenvalue weighted by Gasteiger charge is -2.14. The molecule has 0 saturated carbocycles. The Kier molecular flexibility index (Phi) is 5.99. The fraction of sp³-hybridized carbons (Fsp3) is 0.300. The first-order valence-electron chi connectivity index (χ1n) is 8.94. The molecular formula is C20H22N2O5S. The zero-order valence-corrected chi connectivity index (χ0v) is 16.4. The van der Waals surface area contributed by atoms with Gasteiger partial charge in [-0.05, 0) is 36.8 Å². The summed E-state index contributed by atoms with van der Waals surface area (Å²) >= 11 is 0. The number of amides is 2. The van der Waals surface area contributed by atoms with Gasteiger partial charge in [0.2, 0.25) is 5.91 Å². The second-order valence-corrected chi connectivity index (χ2v) is 8.70. The molecule has 0 atom stereocenters. The van der Waals surface area contributed by atoms with Crippen molar-refractivity contribution >= 4 is 27.5 Å². The van der Waals surface area contributed by atoms with E-state index < -0.39 is 9.84 Å². The third-order valence-corrected chi connectivity index (χ3v) is 6.18. The molecule has 1 aliphatic heterocycles. The molecule has 3 rings (SSSR count). The quantitative estimate of drug-likeness (QED) is 0.768. The molecule has 2 aromatic carbocycles. The largest absolute Gasteiger partial charge is 0.447 e. The molecule has 0 bridgehead atoms. The van der Waals surface area contributed by atoms with Crippen LogP contribution in [-0.4, -0.2) is 39.3 Å². The third-order valence-electron chi connectivity index (χ3n) is 4.45. The number of sulfone groups is 1. The van der Waals surface area contributed by atoms with Gasteiger partial charge in [-0.1, -0.05) is 29.8 Å². The summed E-state index contributed by atoms with van der Waals surface area (Å²) in [5.74, 6) is -0.594. The molecule has 2 aromatic rings. The van der Waals surface area contributed by atoms with E-state index in [-0.39, 0.29) is 35.6 Å². The highest BCUT2D eigenvalue weighted by molar-refractivity contribution is 7.91. The maximum absolute atomic E-state index is 12.3. The van der Waals surface area contributed by atoms with Gasteiger partial charge in [0.1, 0.15) is 6.61 Å².